The highest BCUT2D eigenvalue weighted by Gasteiger charge is 1.90. The van der Waals surface area contributed by atoms with Crippen LogP contribution in [0.15, 0.2) is 0 Å². The number of unbranched alkanes of at least 4 members (excludes halogenated alkanes) is 8. The summed E-state index contributed by atoms with van der Waals surface area (Å²) >= 11 is 0. The van der Waals surface area contributed by atoms with E-state index in [1.807, 2.05) is 0 Å². The monoisotopic (exact) mass is 170 g/mol. The number of hydrogen-bond donors (Lipinski definition) is 1. The summed E-state index contributed by atoms with van der Waals surface area (Å²) in [7, 11) is 0. The maximum atomic E-state index is 5.40. The first-order valence-electron chi connectivity index (χ1n) is 5.41. The van der Waals surface area contributed by atoms with Gasteiger partial charge in [-0.3, -0.25) is 0 Å². The Kier molecular flexibility index (Phi) is 10.9. The zero-order chi connectivity index (χ0) is 9.07. The molecule has 0 atom stereocenters. The molecule has 0 unspecified atom stereocenters. The van der Waals surface area contributed by atoms with Crippen LogP contribution in [0.3, 0.4) is 0 Å². The van der Waals surface area contributed by atoms with E-state index in [1.165, 1.54) is 51.4 Å². The summed E-state index contributed by atoms with van der Waals surface area (Å²) in [6, 6.07) is 0. The second kappa shape index (κ2) is 11.0. The fourth-order valence-electron chi connectivity index (χ4n) is 1.38. The second-order valence-electron chi connectivity index (χ2n) is 3.47. The Hall–Kier alpha value is -0.0400. The van der Waals surface area contributed by atoms with E-state index in [2.05, 4.69) is 6.92 Å². The van der Waals surface area contributed by atoms with Gasteiger partial charge in [-0.05, 0) is 13.0 Å². The van der Waals surface area contributed by atoms with Crippen molar-refractivity contribution in [3.63, 3.8) is 0 Å². The molecule has 1 nitrogen and oxygen atoms in total. The lowest BCUT2D eigenvalue weighted by Gasteiger charge is -1.99. The summed E-state index contributed by atoms with van der Waals surface area (Å²) in [5, 5.41) is 0. The van der Waals surface area contributed by atoms with Crippen LogP contribution in [0.1, 0.15) is 57.8 Å². The minimum Gasteiger partial charge on any atom is -0.330 e. The molecule has 0 aromatic carbocycles. The van der Waals surface area contributed by atoms with Crippen LogP contribution in [0, 0.1) is 6.92 Å². The van der Waals surface area contributed by atoms with Gasteiger partial charge in [0.15, 0.2) is 0 Å². The van der Waals surface area contributed by atoms with E-state index in [0.717, 1.165) is 13.0 Å². The maximum Gasteiger partial charge on any atom is -0.00773 e. The van der Waals surface area contributed by atoms with Gasteiger partial charge in [0.25, 0.3) is 0 Å². The molecular formula is C11H24N. The number of nitrogens with two attached hydrogens (primary N) is 1. The van der Waals surface area contributed by atoms with Crippen LogP contribution in [0.2, 0.25) is 0 Å². The van der Waals surface area contributed by atoms with Crippen molar-refractivity contribution in [1.29, 1.82) is 0 Å². The Morgan fingerprint density at radius 1 is 0.667 bits per heavy atom. The maximum absolute atomic E-state index is 5.40. The highest BCUT2D eigenvalue weighted by molar-refractivity contribution is 4.48. The highest BCUT2D eigenvalue weighted by Crippen LogP contribution is 2.08. The van der Waals surface area contributed by atoms with Gasteiger partial charge in [-0.15, -0.1) is 0 Å². The van der Waals surface area contributed by atoms with Crippen molar-refractivity contribution in [1.82, 2.24) is 0 Å². The van der Waals surface area contributed by atoms with Crippen LogP contribution < -0.4 is 5.73 Å². The van der Waals surface area contributed by atoms with Crippen molar-refractivity contribution in [2.24, 2.45) is 5.73 Å². The van der Waals surface area contributed by atoms with E-state index in [-0.39, 0.29) is 0 Å². The predicted molar refractivity (Wildman–Crippen MR) is 56.0 cm³/mol. The summed E-state index contributed by atoms with van der Waals surface area (Å²) in [5.74, 6) is 0. The average molecular weight is 170 g/mol. The first-order valence-corrected chi connectivity index (χ1v) is 5.41. The molecule has 0 aromatic rings. The summed E-state index contributed by atoms with van der Waals surface area (Å²) in [6.45, 7) is 4.69. The van der Waals surface area contributed by atoms with Crippen LogP contribution in [-0.2, 0) is 0 Å². The standard InChI is InChI=1S/C11H24N/c1-2-3-4-5-6-7-8-9-10-11-12/h1-12H2. The molecule has 0 heterocycles. The Morgan fingerprint density at radius 3 is 1.50 bits per heavy atom. The smallest absolute Gasteiger partial charge is 0.00773 e. The Labute approximate surface area is 77.7 Å². The molecule has 0 aliphatic rings. The molecule has 0 rings (SSSR count). The van der Waals surface area contributed by atoms with Gasteiger partial charge in [-0.2, -0.15) is 0 Å². The van der Waals surface area contributed by atoms with Crippen LogP contribution in [0.5, 0.6) is 0 Å². The molecule has 2 N–H and O–H groups in total. The minimum absolute atomic E-state index is 0.863. The molecule has 0 saturated heterocycles. The summed E-state index contributed by atoms with van der Waals surface area (Å²) < 4.78 is 0. The zero-order valence-corrected chi connectivity index (χ0v) is 8.36. The van der Waals surface area contributed by atoms with Crippen molar-refractivity contribution < 1.29 is 0 Å². The molecule has 0 saturated carbocycles. The molecule has 0 spiro atoms. The first-order chi connectivity index (χ1) is 5.91. The molecule has 0 bridgehead atoms. The molecule has 0 amide bonds. The lowest BCUT2D eigenvalue weighted by molar-refractivity contribution is 0.571. The topological polar surface area (TPSA) is 26.0 Å². The van der Waals surface area contributed by atoms with Gasteiger partial charge in [-0.25, -0.2) is 0 Å². The van der Waals surface area contributed by atoms with Crippen LogP contribution in [0.25, 0.3) is 0 Å². The fraction of sp³-hybridized carbons (Fsp3) is 0.909. The first kappa shape index (κ1) is 12.0. The molecule has 73 valence electrons. The van der Waals surface area contributed by atoms with E-state index >= 15 is 0 Å². The summed E-state index contributed by atoms with van der Waals surface area (Å²) in [5.41, 5.74) is 5.40. The van der Waals surface area contributed by atoms with E-state index < -0.39 is 0 Å². The van der Waals surface area contributed by atoms with Crippen LogP contribution in [0.4, 0.5) is 0 Å². The quantitative estimate of drug-likeness (QED) is 0.528. The zero-order valence-electron chi connectivity index (χ0n) is 8.36. The van der Waals surface area contributed by atoms with Gasteiger partial charge in [-0.1, -0.05) is 58.3 Å². The van der Waals surface area contributed by atoms with Gasteiger partial charge in [0.1, 0.15) is 0 Å². The molecule has 0 aliphatic carbocycles. The predicted octanol–water partition coefficient (Wildman–Crippen LogP) is 3.29. The van der Waals surface area contributed by atoms with Crippen molar-refractivity contribution in [3.05, 3.63) is 6.92 Å². The normalized spacial score (nSPS) is 10.5. The summed E-state index contributed by atoms with van der Waals surface area (Å²) in [4.78, 5) is 0. The third kappa shape index (κ3) is 9.96. The Balaban J connectivity index is 2.73. The largest absolute Gasteiger partial charge is 0.330 e. The molecular weight excluding hydrogens is 146 g/mol. The highest BCUT2D eigenvalue weighted by atomic mass is 14.5. The van der Waals surface area contributed by atoms with Gasteiger partial charge < -0.3 is 5.73 Å². The lowest BCUT2D eigenvalue weighted by Crippen LogP contribution is -1.97. The van der Waals surface area contributed by atoms with Gasteiger partial charge in [0.05, 0.1) is 0 Å². The molecule has 1 radical (unpaired) electrons. The van der Waals surface area contributed by atoms with Crippen molar-refractivity contribution in [3.8, 4) is 0 Å². The Bertz CT molecular complexity index is 61.4. The van der Waals surface area contributed by atoms with Crippen LogP contribution >= 0.6 is 0 Å². The van der Waals surface area contributed by atoms with Crippen molar-refractivity contribution >= 4 is 0 Å². The minimum atomic E-state index is 0.863. The van der Waals surface area contributed by atoms with E-state index in [4.69, 9.17) is 5.73 Å². The average Bonchev–Trinajstić information content (AvgIpc) is 2.10. The molecule has 0 aliphatic heterocycles. The third-order valence-electron chi connectivity index (χ3n) is 2.20. The van der Waals surface area contributed by atoms with Gasteiger partial charge >= 0.3 is 0 Å². The fourth-order valence-corrected chi connectivity index (χ4v) is 1.38. The lowest BCUT2D eigenvalue weighted by atomic mass is 10.1. The van der Waals surface area contributed by atoms with Gasteiger partial charge in [0, 0.05) is 0 Å². The molecule has 1 heteroatoms. The third-order valence-corrected chi connectivity index (χ3v) is 2.20. The number of hydrogen-bond acceptors (Lipinski definition) is 1. The van der Waals surface area contributed by atoms with E-state index in [0.29, 0.717) is 0 Å². The van der Waals surface area contributed by atoms with Gasteiger partial charge in [0.2, 0.25) is 0 Å². The SMILES string of the molecule is [CH2]CCCCCCCCCCN. The van der Waals surface area contributed by atoms with Crippen molar-refractivity contribution in [2.45, 2.75) is 57.8 Å². The van der Waals surface area contributed by atoms with E-state index in [1.54, 1.807) is 0 Å². The second-order valence-corrected chi connectivity index (χ2v) is 3.47. The molecule has 12 heavy (non-hydrogen) atoms. The molecule has 0 aromatic heterocycles. The van der Waals surface area contributed by atoms with Crippen molar-refractivity contribution in [2.75, 3.05) is 6.54 Å². The molecule has 0 fully saturated rings. The Morgan fingerprint density at radius 2 is 1.08 bits per heavy atom. The summed E-state index contributed by atoms with van der Waals surface area (Å²) in [6.07, 6.45) is 11.9. The van der Waals surface area contributed by atoms with Crippen LogP contribution in [-0.4, -0.2) is 6.54 Å². The number of rotatable bonds is 9. The van der Waals surface area contributed by atoms with E-state index in [9.17, 15) is 0 Å².